The number of hydrogen-bond acceptors (Lipinski definition) is 4. The van der Waals surface area contributed by atoms with Gasteiger partial charge in [0, 0.05) is 25.4 Å². The molecule has 1 aromatic carbocycles. The first-order chi connectivity index (χ1) is 11.2. The molecule has 2 aromatic rings. The van der Waals surface area contributed by atoms with E-state index in [1.807, 2.05) is 44.2 Å². The largest absolute Gasteiger partial charge is 0.489 e. The summed E-state index contributed by atoms with van der Waals surface area (Å²) in [5.41, 5.74) is 1.12. The van der Waals surface area contributed by atoms with Crippen molar-refractivity contribution in [2.75, 3.05) is 20.1 Å². The first-order valence-corrected chi connectivity index (χ1v) is 8.62. The molecule has 5 nitrogen and oxygen atoms in total. The van der Waals surface area contributed by atoms with Crippen molar-refractivity contribution in [3.05, 3.63) is 46.4 Å². The molecule has 1 heterocycles. The summed E-state index contributed by atoms with van der Waals surface area (Å²) in [5, 5.41) is 9.78. The summed E-state index contributed by atoms with van der Waals surface area (Å²) >= 11 is 1.68. The first kappa shape index (κ1) is 17.3. The third-order valence-corrected chi connectivity index (χ3v) is 4.02. The van der Waals surface area contributed by atoms with Crippen LogP contribution >= 0.6 is 11.3 Å². The Kier molecular flexibility index (Phi) is 6.87. The Morgan fingerprint density at radius 1 is 1.30 bits per heavy atom. The molecule has 0 aliphatic rings. The lowest BCUT2D eigenvalue weighted by Crippen LogP contribution is -2.42. The third kappa shape index (κ3) is 6.28. The molecule has 2 N–H and O–H groups in total. The van der Waals surface area contributed by atoms with E-state index < -0.39 is 0 Å². The van der Waals surface area contributed by atoms with Crippen LogP contribution in [0.5, 0.6) is 5.75 Å². The van der Waals surface area contributed by atoms with Gasteiger partial charge in [-0.2, -0.15) is 0 Å². The monoisotopic (exact) mass is 332 g/mol. The van der Waals surface area contributed by atoms with Gasteiger partial charge >= 0.3 is 0 Å². The molecule has 1 atom stereocenters. The van der Waals surface area contributed by atoms with E-state index in [0.29, 0.717) is 6.54 Å². The molecule has 0 saturated heterocycles. The number of para-hydroxylation sites is 1. The quantitative estimate of drug-likeness (QED) is 0.604. The predicted molar refractivity (Wildman–Crippen MR) is 96.5 cm³/mol. The zero-order valence-electron chi connectivity index (χ0n) is 13.9. The molecule has 1 aromatic heterocycles. The van der Waals surface area contributed by atoms with Crippen molar-refractivity contribution < 1.29 is 4.74 Å². The molecule has 6 heteroatoms. The summed E-state index contributed by atoms with van der Waals surface area (Å²) in [7, 11) is 1.77. The molecule has 2 rings (SSSR count). The molecular formula is C17H24N4OS. The minimum Gasteiger partial charge on any atom is -0.489 e. The van der Waals surface area contributed by atoms with Gasteiger partial charge in [0.2, 0.25) is 0 Å². The maximum absolute atomic E-state index is 5.83. The van der Waals surface area contributed by atoms with Crippen LogP contribution in [0, 0.1) is 6.92 Å². The van der Waals surface area contributed by atoms with Gasteiger partial charge in [0.25, 0.3) is 0 Å². The number of guanidine groups is 1. The number of thiazole rings is 1. The van der Waals surface area contributed by atoms with Gasteiger partial charge in [0.1, 0.15) is 11.9 Å². The maximum Gasteiger partial charge on any atom is 0.191 e. The van der Waals surface area contributed by atoms with Crippen molar-refractivity contribution in [2.24, 2.45) is 4.99 Å². The SMILES string of the molecule is CN=C(NCCc1csc(C)n1)NCC(C)Oc1ccccc1. The van der Waals surface area contributed by atoms with Gasteiger partial charge < -0.3 is 15.4 Å². The fraction of sp³-hybridized carbons (Fsp3) is 0.412. The molecule has 1 unspecified atom stereocenters. The van der Waals surface area contributed by atoms with Crippen molar-refractivity contribution in [3.8, 4) is 5.75 Å². The Bertz CT molecular complexity index is 612. The molecule has 0 aliphatic heterocycles. The zero-order chi connectivity index (χ0) is 16.5. The molecular weight excluding hydrogens is 308 g/mol. The van der Waals surface area contributed by atoms with Crippen LogP contribution in [0.1, 0.15) is 17.6 Å². The number of benzene rings is 1. The van der Waals surface area contributed by atoms with Gasteiger partial charge in [-0.05, 0) is 26.0 Å². The highest BCUT2D eigenvalue weighted by atomic mass is 32.1. The van der Waals surface area contributed by atoms with E-state index in [2.05, 4.69) is 26.0 Å². The van der Waals surface area contributed by atoms with E-state index in [1.54, 1.807) is 18.4 Å². The van der Waals surface area contributed by atoms with E-state index in [4.69, 9.17) is 4.74 Å². The van der Waals surface area contributed by atoms with Gasteiger partial charge in [0.05, 0.1) is 17.2 Å². The highest BCUT2D eigenvalue weighted by Gasteiger charge is 2.06. The minimum absolute atomic E-state index is 0.0529. The summed E-state index contributed by atoms with van der Waals surface area (Å²) in [6.45, 7) is 5.54. The van der Waals surface area contributed by atoms with Gasteiger partial charge in [0.15, 0.2) is 5.96 Å². The van der Waals surface area contributed by atoms with Crippen LogP contribution in [-0.2, 0) is 6.42 Å². The second-order valence-electron chi connectivity index (χ2n) is 5.23. The van der Waals surface area contributed by atoms with Gasteiger partial charge in [-0.1, -0.05) is 18.2 Å². The number of nitrogens with zero attached hydrogens (tertiary/aromatic N) is 2. The van der Waals surface area contributed by atoms with E-state index in [1.165, 1.54) is 0 Å². The van der Waals surface area contributed by atoms with Crippen LogP contribution < -0.4 is 15.4 Å². The summed E-state index contributed by atoms with van der Waals surface area (Å²) in [6, 6.07) is 9.83. The summed E-state index contributed by atoms with van der Waals surface area (Å²) < 4.78 is 5.83. The van der Waals surface area contributed by atoms with Gasteiger partial charge in [-0.25, -0.2) is 4.98 Å². The van der Waals surface area contributed by atoms with Crippen LogP contribution in [0.2, 0.25) is 0 Å². The Labute approximate surface area is 141 Å². The number of ether oxygens (including phenoxy) is 1. The fourth-order valence-electron chi connectivity index (χ4n) is 2.07. The van der Waals surface area contributed by atoms with Crippen molar-refractivity contribution >= 4 is 17.3 Å². The van der Waals surface area contributed by atoms with Gasteiger partial charge in [-0.15, -0.1) is 11.3 Å². The third-order valence-electron chi connectivity index (χ3n) is 3.20. The van der Waals surface area contributed by atoms with Crippen LogP contribution in [0.25, 0.3) is 0 Å². The first-order valence-electron chi connectivity index (χ1n) is 7.74. The molecule has 0 amide bonds. The average molecular weight is 332 g/mol. The van der Waals surface area contributed by atoms with Crippen molar-refractivity contribution in [2.45, 2.75) is 26.4 Å². The van der Waals surface area contributed by atoms with E-state index in [9.17, 15) is 0 Å². The number of aromatic nitrogens is 1. The normalized spacial score (nSPS) is 12.7. The van der Waals surface area contributed by atoms with Gasteiger partial charge in [-0.3, -0.25) is 4.99 Å². The Hall–Kier alpha value is -2.08. The van der Waals surface area contributed by atoms with E-state index >= 15 is 0 Å². The second kappa shape index (κ2) is 9.15. The summed E-state index contributed by atoms with van der Waals surface area (Å²) in [6.07, 6.45) is 0.943. The van der Waals surface area contributed by atoms with Crippen molar-refractivity contribution in [1.82, 2.24) is 15.6 Å². The standard InChI is InChI=1S/C17H24N4OS/c1-13(22-16-7-5-4-6-8-16)11-20-17(18-3)19-10-9-15-12-23-14(2)21-15/h4-8,12-13H,9-11H2,1-3H3,(H2,18,19,20). The Morgan fingerprint density at radius 2 is 2.09 bits per heavy atom. The minimum atomic E-state index is 0.0529. The molecule has 0 aliphatic carbocycles. The Balaban J connectivity index is 1.68. The van der Waals surface area contributed by atoms with Crippen LogP contribution in [0.15, 0.2) is 40.7 Å². The average Bonchev–Trinajstić information content (AvgIpc) is 2.97. The number of hydrogen-bond donors (Lipinski definition) is 2. The topological polar surface area (TPSA) is 58.5 Å². The predicted octanol–water partition coefficient (Wildman–Crippen LogP) is 2.63. The molecule has 0 fully saturated rings. The van der Waals surface area contributed by atoms with Crippen molar-refractivity contribution in [1.29, 1.82) is 0 Å². The van der Waals surface area contributed by atoms with Crippen LogP contribution in [0.4, 0.5) is 0 Å². The number of aryl methyl sites for hydroxylation is 1. The lowest BCUT2D eigenvalue weighted by Gasteiger charge is -2.17. The highest BCUT2D eigenvalue weighted by Crippen LogP contribution is 2.10. The van der Waals surface area contributed by atoms with E-state index in [0.717, 1.165) is 35.4 Å². The molecule has 0 spiro atoms. The Morgan fingerprint density at radius 3 is 2.74 bits per heavy atom. The number of rotatable bonds is 7. The fourth-order valence-corrected chi connectivity index (χ4v) is 2.71. The summed E-state index contributed by atoms with van der Waals surface area (Å²) in [4.78, 5) is 8.68. The van der Waals surface area contributed by atoms with Crippen LogP contribution in [0.3, 0.4) is 0 Å². The highest BCUT2D eigenvalue weighted by molar-refractivity contribution is 7.09. The zero-order valence-corrected chi connectivity index (χ0v) is 14.7. The number of nitrogens with one attached hydrogen (secondary N) is 2. The molecule has 124 valence electrons. The molecule has 0 saturated carbocycles. The second-order valence-corrected chi connectivity index (χ2v) is 6.29. The summed E-state index contributed by atoms with van der Waals surface area (Å²) in [5.74, 6) is 1.66. The molecule has 23 heavy (non-hydrogen) atoms. The van der Waals surface area contributed by atoms with Crippen molar-refractivity contribution in [3.63, 3.8) is 0 Å². The van der Waals surface area contributed by atoms with Crippen LogP contribution in [-0.4, -0.2) is 37.2 Å². The smallest absolute Gasteiger partial charge is 0.191 e. The van der Waals surface area contributed by atoms with E-state index in [-0.39, 0.29) is 6.10 Å². The maximum atomic E-state index is 5.83. The lowest BCUT2D eigenvalue weighted by molar-refractivity contribution is 0.224. The lowest BCUT2D eigenvalue weighted by atomic mass is 10.3. The molecule has 0 bridgehead atoms. The molecule has 0 radical (unpaired) electrons. The number of aliphatic imine (C=N–C) groups is 1.